The van der Waals surface area contributed by atoms with E-state index in [4.69, 9.17) is 16.3 Å². The number of methoxy groups -OCH3 is 1. The lowest BCUT2D eigenvalue weighted by molar-refractivity contribution is 0.387. The van der Waals surface area contributed by atoms with Crippen LogP contribution in [0.15, 0.2) is 36.4 Å². The summed E-state index contributed by atoms with van der Waals surface area (Å²) in [4.78, 5) is 0. The van der Waals surface area contributed by atoms with Gasteiger partial charge >= 0.3 is 0 Å². The third-order valence-corrected chi connectivity index (χ3v) is 3.00. The molecule has 0 heterocycles. The normalized spacial score (nSPS) is 10.4. The Morgan fingerprint density at radius 3 is 2.29 bits per heavy atom. The van der Waals surface area contributed by atoms with Gasteiger partial charge in [0, 0.05) is 5.56 Å². The Morgan fingerprint density at radius 2 is 1.71 bits per heavy atom. The zero-order valence-electron chi connectivity index (χ0n) is 9.63. The van der Waals surface area contributed by atoms with Gasteiger partial charge in [0.2, 0.25) is 0 Å². The molecule has 0 aliphatic carbocycles. The Balaban J connectivity index is 2.53. The van der Waals surface area contributed by atoms with Gasteiger partial charge in [0.15, 0.2) is 11.6 Å². The Hall–Kier alpha value is -1.54. The van der Waals surface area contributed by atoms with Gasteiger partial charge in [-0.2, -0.15) is 0 Å². The first-order chi connectivity index (χ1) is 8.13. The molecule has 2 aromatic carbocycles. The number of hydrogen-bond acceptors (Lipinski definition) is 1. The molecule has 0 radical (unpaired) electrons. The van der Waals surface area contributed by atoms with Crippen molar-refractivity contribution in [3.63, 3.8) is 0 Å². The molecule has 0 spiro atoms. The molecule has 0 bridgehead atoms. The van der Waals surface area contributed by atoms with Crippen molar-refractivity contribution < 1.29 is 9.13 Å². The fraction of sp³-hybridized carbons (Fsp3) is 0.143. The predicted octanol–water partition coefficient (Wildman–Crippen LogP) is 4.46. The van der Waals surface area contributed by atoms with E-state index in [1.165, 1.54) is 7.11 Å². The van der Waals surface area contributed by atoms with Crippen molar-refractivity contribution in [3.05, 3.63) is 52.8 Å². The number of ether oxygens (including phenoxy) is 1. The average molecular weight is 251 g/mol. The lowest BCUT2D eigenvalue weighted by atomic mass is 10.0. The Morgan fingerprint density at radius 1 is 1.06 bits per heavy atom. The summed E-state index contributed by atoms with van der Waals surface area (Å²) in [7, 11) is 1.42. The molecule has 0 saturated heterocycles. The van der Waals surface area contributed by atoms with E-state index in [0.29, 0.717) is 5.56 Å². The molecule has 0 aliphatic rings. The maximum absolute atomic E-state index is 13.8. The molecule has 0 fully saturated rings. The number of benzene rings is 2. The number of hydrogen-bond donors (Lipinski definition) is 0. The molecule has 0 atom stereocenters. The van der Waals surface area contributed by atoms with Crippen LogP contribution >= 0.6 is 11.6 Å². The molecule has 17 heavy (non-hydrogen) atoms. The summed E-state index contributed by atoms with van der Waals surface area (Å²) < 4.78 is 18.6. The summed E-state index contributed by atoms with van der Waals surface area (Å²) >= 11 is 6.00. The molecular formula is C14H12ClFO. The van der Waals surface area contributed by atoms with Crippen LogP contribution in [0.25, 0.3) is 11.1 Å². The van der Waals surface area contributed by atoms with Crippen LogP contribution in [-0.4, -0.2) is 7.11 Å². The van der Waals surface area contributed by atoms with E-state index >= 15 is 0 Å². The highest BCUT2D eigenvalue weighted by atomic mass is 35.5. The molecular weight excluding hydrogens is 239 g/mol. The minimum atomic E-state index is -0.521. The minimum Gasteiger partial charge on any atom is -0.494 e. The second kappa shape index (κ2) is 4.76. The van der Waals surface area contributed by atoms with Crippen molar-refractivity contribution in [2.45, 2.75) is 6.92 Å². The fourth-order valence-corrected chi connectivity index (χ4v) is 1.91. The summed E-state index contributed by atoms with van der Waals surface area (Å²) in [5.41, 5.74) is 2.71. The molecule has 2 rings (SSSR count). The van der Waals surface area contributed by atoms with E-state index in [9.17, 15) is 4.39 Å². The smallest absolute Gasteiger partial charge is 0.184 e. The molecule has 3 heteroatoms. The van der Waals surface area contributed by atoms with Crippen molar-refractivity contribution >= 4 is 11.6 Å². The zero-order chi connectivity index (χ0) is 12.4. The van der Waals surface area contributed by atoms with Crippen LogP contribution in [0.5, 0.6) is 5.75 Å². The van der Waals surface area contributed by atoms with Crippen LogP contribution in [0.1, 0.15) is 5.56 Å². The summed E-state index contributed by atoms with van der Waals surface area (Å²) in [5.74, 6) is -0.363. The lowest BCUT2D eigenvalue weighted by Crippen LogP contribution is -1.91. The van der Waals surface area contributed by atoms with Crippen LogP contribution in [-0.2, 0) is 0 Å². The van der Waals surface area contributed by atoms with Gasteiger partial charge in [0.25, 0.3) is 0 Å². The monoisotopic (exact) mass is 250 g/mol. The number of halogens is 2. The Bertz CT molecular complexity index is 535. The first kappa shape index (κ1) is 11.9. The van der Waals surface area contributed by atoms with Gasteiger partial charge in [-0.3, -0.25) is 0 Å². The molecule has 0 N–H and O–H groups in total. The topological polar surface area (TPSA) is 9.23 Å². The molecule has 1 nitrogen and oxygen atoms in total. The largest absolute Gasteiger partial charge is 0.494 e. The van der Waals surface area contributed by atoms with Gasteiger partial charge in [-0.1, -0.05) is 41.4 Å². The van der Waals surface area contributed by atoms with Crippen LogP contribution in [0.2, 0.25) is 5.02 Å². The fourth-order valence-electron chi connectivity index (χ4n) is 1.65. The van der Waals surface area contributed by atoms with E-state index < -0.39 is 5.82 Å². The molecule has 2 aromatic rings. The summed E-state index contributed by atoms with van der Waals surface area (Å²) in [6.45, 7) is 2.00. The first-order valence-electron chi connectivity index (χ1n) is 5.22. The van der Waals surface area contributed by atoms with Gasteiger partial charge in [-0.05, 0) is 24.6 Å². The molecule has 0 saturated carbocycles. The molecule has 0 aliphatic heterocycles. The summed E-state index contributed by atoms with van der Waals surface area (Å²) in [5, 5.41) is 0.0909. The second-order valence-electron chi connectivity index (χ2n) is 3.81. The van der Waals surface area contributed by atoms with Crippen LogP contribution in [0.3, 0.4) is 0 Å². The van der Waals surface area contributed by atoms with Crippen molar-refractivity contribution in [1.82, 2.24) is 0 Å². The zero-order valence-corrected chi connectivity index (χ0v) is 10.4. The summed E-state index contributed by atoms with van der Waals surface area (Å²) in [6.07, 6.45) is 0. The van der Waals surface area contributed by atoms with Gasteiger partial charge in [-0.15, -0.1) is 0 Å². The van der Waals surface area contributed by atoms with Crippen LogP contribution in [0, 0.1) is 12.7 Å². The van der Waals surface area contributed by atoms with Crippen molar-refractivity contribution in [2.24, 2.45) is 0 Å². The number of rotatable bonds is 2. The van der Waals surface area contributed by atoms with E-state index in [0.717, 1.165) is 11.1 Å². The maximum Gasteiger partial charge on any atom is 0.184 e. The molecule has 88 valence electrons. The molecule has 0 unspecified atom stereocenters. The van der Waals surface area contributed by atoms with Crippen molar-refractivity contribution in [1.29, 1.82) is 0 Å². The highest BCUT2D eigenvalue weighted by molar-refractivity contribution is 6.33. The quantitative estimate of drug-likeness (QED) is 0.765. The first-order valence-corrected chi connectivity index (χ1v) is 5.60. The average Bonchev–Trinajstić information content (AvgIpc) is 2.34. The standard InChI is InChI=1S/C14H12ClFO/c1-9-3-5-10(6-4-9)11-7-8-12(17-2)14(16)13(11)15/h3-8H,1-2H3. The summed E-state index contributed by atoms with van der Waals surface area (Å²) in [6, 6.07) is 11.1. The Kier molecular flexibility index (Phi) is 3.34. The Labute approximate surface area is 105 Å². The van der Waals surface area contributed by atoms with E-state index in [2.05, 4.69) is 0 Å². The van der Waals surface area contributed by atoms with Gasteiger partial charge in [0.05, 0.1) is 12.1 Å². The van der Waals surface area contributed by atoms with Crippen molar-refractivity contribution in [3.8, 4) is 16.9 Å². The maximum atomic E-state index is 13.8. The minimum absolute atomic E-state index is 0.0909. The van der Waals surface area contributed by atoms with E-state index in [1.807, 2.05) is 31.2 Å². The highest BCUT2D eigenvalue weighted by Crippen LogP contribution is 2.34. The molecule has 0 amide bonds. The van der Waals surface area contributed by atoms with Gasteiger partial charge in [-0.25, -0.2) is 4.39 Å². The highest BCUT2D eigenvalue weighted by Gasteiger charge is 2.13. The third-order valence-electron chi connectivity index (χ3n) is 2.63. The third kappa shape index (κ3) is 2.27. The van der Waals surface area contributed by atoms with Gasteiger partial charge < -0.3 is 4.74 Å². The van der Waals surface area contributed by atoms with E-state index in [-0.39, 0.29) is 10.8 Å². The van der Waals surface area contributed by atoms with Crippen LogP contribution < -0.4 is 4.74 Å². The molecule has 0 aromatic heterocycles. The van der Waals surface area contributed by atoms with E-state index in [1.54, 1.807) is 12.1 Å². The SMILES string of the molecule is COc1ccc(-c2ccc(C)cc2)c(Cl)c1F. The number of aryl methyl sites for hydroxylation is 1. The lowest BCUT2D eigenvalue weighted by Gasteiger charge is -2.09. The van der Waals surface area contributed by atoms with Crippen LogP contribution in [0.4, 0.5) is 4.39 Å². The van der Waals surface area contributed by atoms with Crippen molar-refractivity contribution in [2.75, 3.05) is 7.11 Å². The van der Waals surface area contributed by atoms with Gasteiger partial charge in [0.1, 0.15) is 0 Å². The second-order valence-corrected chi connectivity index (χ2v) is 4.19. The predicted molar refractivity (Wildman–Crippen MR) is 68.1 cm³/mol.